The molecule has 0 atom stereocenters. The summed E-state index contributed by atoms with van der Waals surface area (Å²) in [5.41, 5.74) is 11.7. The van der Waals surface area contributed by atoms with Crippen LogP contribution < -0.4 is 4.90 Å². The van der Waals surface area contributed by atoms with Crippen LogP contribution in [0.1, 0.15) is 23.8 Å². The molecule has 0 saturated carbocycles. The molecule has 306 valence electrons. The van der Waals surface area contributed by atoms with E-state index in [1.54, 1.807) is 0 Å². The molecule has 0 saturated heterocycles. The van der Waals surface area contributed by atoms with Crippen molar-refractivity contribution >= 4 is 93.5 Å². The van der Waals surface area contributed by atoms with Crippen molar-refractivity contribution in [1.82, 2.24) is 0 Å². The monoisotopic (exact) mass is 829 g/mol. The van der Waals surface area contributed by atoms with Crippen LogP contribution in [0.4, 0.5) is 17.1 Å². The molecule has 0 aliphatic carbocycles. The molecule has 12 rings (SSSR count). The Morgan fingerprint density at radius 3 is 1.43 bits per heavy atom. The lowest BCUT2D eigenvalue weighted by Crippen LogP contribution is -2.10. The fourth-order valence-electron chi connectivity index (χ4n) is 9.84. The predicted octanol–water partition coefficient (Wildman–Crippen LogP) is 18.1. The van der Waals surface area contributed by atoms with Crippen LogP contribution in [-0.4, -0.2) is 0 Å². The first-order chi connectivity index (χ1) is 32.1. The van der Waals surface area contributed by atoms with Gasteiger partial charge in [-0.25, -0.2) is 0 Å². The number of hydrogen-bond donors (Lipinski definition) is 0. The Labute approximate surface area is 378 Å². The van der Waals surface area contributed by atoms with Crippen LogP contribution in [-0.2, 0) is 0 Å². The molecule has 0 unspecified atom stereocenters. The van der Waals surface area contributed by atoms with Crippen LogP contribution in [0, 0.1) is 0 Å². The number of rotatable bonds is 8. The Bertz CT molecular complexity index is 3690. The average Bonchev–Trinajstić information content (AvgIpc) is 3.75. The molecule has 1 aromatic heterocycles. The van der Waals surface area contributed by atoms with E-state index < -0.39 is 0 Å². The molecule has 0 aliphatic rings. The van der Waals surface area contributed by atoms with Crippen molar-refractivity contribution in [1.29, 1.82) is 0 Å². The van der Waals surface area contributed by atoms with Crippen molar-refractivity contribution in [3.8, 4) is 22.3 Å². The highest BCUT2D eigenvalue weighted by Crippen LogP contribution is 2.42. The summed E-state index contributed by atoms with van der Waals surface area (Å²) in [6, 6.07) is 79.1. The SMILES string of the molecule is C=C(c1cccc(N(c2ccc(-c3ccc4c(ccc5ccccc54)c3)cc2)c2ccc(-c3ccc4c(ccc5ccccc54)c3)cc2)c1)c1c(/C=C\C)oc2c1ccc1ccccc12. The summed E-state index contributed by atoms with van der Waals surface area (Å²) >= 11 is 0. The van der Waals surface area contributed by atoms with E-state index >= 15 is 0 Å². The fraction of sp³-hybridized carbons (Fsp3) is 0.0159. The summed E-state index contributed by atoms with van der Waals surface area (Å²) in [6.45, 7) is 6.77. The van der Waals surface area contributed by atoms with E-state index in [1.807, 2.05) is 19.1 Å². The summed E-state index contributed by atoms with van der Waals surface area (Å²) in [5.74, 6) is 0.807. The molecule has 11 aromatic carbocycles. The first-order valence-electron chi connectivity index (χ1n) is 22.3. The minimum absolute atomic E-state index is 0.807. The summed E-state index contributed by atoms with van der Waals surface area (Å²) in [5, 5.41) is 13.4. The summed E-state index contributed by atoms with van der Waals surface area (Å²) in [6.07, 6.45) is 4.08. The van der Waals surface area contributed by atoms with E-state index in [2.05, 4.69) is 223 Å². The lowest BCUT2D eigenvalue weighted by Gasteiger charge is -2.26. The van der Waals surface area contributed by atoms with Gasteiger partial charge in [0.1, 0.15) is 11.3 Å². The van der Waals surface area contributed by atoms with Gasteiger partial charge in [0.2, 0.25) is 0 Å². The molecule has 0 amide bonds. The van der Waals surface area contributed by atoms with E-state index in [0.29, 0.717) is 0 Å². The molecule has 0 bridgehead atoms. The highest BCUT2D eigenvalue weighted by molar-refractivity contribution is 6.11. The van der Waals surface area contributed by atoms with E-state index in [9.17, 15) is 0 Å². The van der Waals surface area contributed by atoms with Gasteiger partial charge in [-0.05, 0) is 149 Å². The molecule has 2 heteroatoms. The maximum atomic E-state index is 6.63. The third-order valence-electron chi connectivity index (χ3n) is 13.1. The van der Waals surface area contributed by atoms with Crippen LogP contribution in [0.25, 0.3) is 98.7 Å². The van der Waals surface area contributed by atoms with Crippen LogP contribution >= 0.6 is 0 Å². The maximum Gasteiger partial charge on any atom is 0.143 e. The van der Waals surface area contributed by atoms with Gasteiger partial charge in [-0.1, -0.05) is 176 Å². The molecule has 2 nitrogen and oxygen atoms in total. The Kier molecular flexibility index (Phi) is 9.24. The van der Waals surface area contributed by atoms with Crippen molar-refractivity contribution in [3.63, 3.8) is 0 Å². The Hall–Kier alpha value is -8.46. The van der Waals surface area contributed by atoms with Crippen LogP contribution in [0.5, 0.6) is 0 Å². The van der Waals surface area contributed by atoms with E-state index in [1.165, 1.54) is 65.3 Å². The molecule has 12 aromatic rings. The molecule has 65 heavy (non-hydrogen) atoms. The van der Waals surface area contributed by atoms with Gasteiger partial charge < -0.3 is 9.32 Å². The highest BCUT2D eigenvalue weighted by atomic mass is 16.3. The first-order valence-corrected chi connectivity index (χ1v) is 22.3. The van der Waals surface area contributed by atoms with E-state index in [0.717, 1.165) is 61.3 Å². The van der Waals surface area contributed by atoms with E-state index in [-0.39, 0.29) is 0 Å². The number of nitrogens with zero attached hydrogens (tertiary/aromatic N) is 1. The number of fused-ring (bicyclic) bond motifs is 9. The fourth-order valence-corrected chi connectivity index (χ4v) is 9.84. The second-order valence-electron chi connectivity index (χ2n) is 16.9. The molecule has 0 aliphatic heterocycles. The number of anilines is 3. The zero-order chi connectivity index (χ0) is 43.4. The second kappa shape index (κ2) is 15.7. The van der Waals surface area contributed by atoms with E-state index in [4.69, 9.17) is 11.0 Å². The molecular weight excluding hydrogens is 787 g/mol. The minimum atomic E-state index is 0.807. The summed E-state index contributed by atoms with van der Waals surface area (Å²) < 4.78 is 6.63. The van der Waals surface area contributed by atoms with Gasteiger partial charge in [-0.3, -0.25) is 0 Å². The average molecular weight is 830 g/mol. The molecule has 0 N–H and O–H groups in total. The number of benzene rings is 11. The Balaban J connectivity index is 0.945. The maximum absolute atomic E-state index is 6.63. The second-order valence-corrected chi connectivity index (χ2v) is 16.9. The third-order valence-corrected chi connectivity index (χ3v) is 13.1. The van der Waals surface area contributed by atoms with Crippen molar-refractivity contribution in [3.05, 3.63) is 248 Å². The largest absolute Gasteiger partial charge is 0.455 e. The van der Waals surface area contributed by atoms with Gasteiger partial charge in [0.25, 0.3) is 0 Å². The normalized spacial score (nSPS) is 11.8. The van der Waals surface area contributed by atoms with Crippen molar-refractivity contribution < 1.29 is 4.42 Å². The van der Waals surface area contributed by atoms with Crippen LogP contribution in [0.15, 0.2) is 235 Å². The lowest BCUT2D eigenvalue weighted by molar-refractivity contribution is 0.606. The third kappa shape index (κ3) is 6.67. The quantitative estimate of drug-likeness (QED) is 0.142. The smallest absolute Gasteiger partial charge is 0.143 e. The molecule has 0 spiro atoms. The molecule has 0 radical (unpaired) electrons. The van der Waals surface area contributed by atoms with Crippen LogP contribution in [0.2, 0.25) is 0 Å². The van der Waals surface area contributed by atoms with Gasteiger partial charge in [0.05, 0.1) is 0 Å². The lowest BCUT2D eigenvalue weighted by atomic mass is 9.94. The molecule has 1 heterocycles. The zero-order valence-corrected chi connectivity index (χ0v) is 36.0. The number of hydrogen-bond acceptors (Lipinski definition) is 2. The summed E-state index contributed by atoms with van der Waals surface area (Å²) in [4.78, 5) is 2.34. The number of furan rings is 1. The summed E-state index contributed by atoms with van der Waals surface area (Å²) in [7, 11) is 0. The van der Waals surface area contributed by atoms with Gasteiger partial charge in [0.15, 0.2) is 0 Å². The minimum Gasteiger partial charge on any atom is -0.455 e. The first kappa shape index (κ1) is 38.2. The van der Waals surface area contributed by atoms with Crippen molar-refractivity contribution in [2.45, 2.75) is 6.92 Å². The van der Waals surface area contributed by atoms with Crippen molar-refractivity contribution in [2.75, 3.05) is 4.90 Å². The Morgan fingerprint density at radius 2 is 0.862 bits per heavy atom. The van der Waals surface area contributed by atoms with Crippen molar-refractivity contribution in [2.24, 2.45) is 0 Å². The topological polar surface area (TPSA) is 16.4 Å². The highest BCUT2D eigenvalue weighted by Gasteiger charge is 2.20. The predicted molar refractivity (Wildman–Crippen MR) is 279 cm³/mol. The standard InChI is InChI=1S/C63H43NO/c1-3-11-61-62(60-37-28-46-14-6-9-19-59(46)63(60)65-61)41(2)47-15-10-16-54(40-47)64(52-31-24-42(25-32-52)48-29-35-57-50(38-48)22-20-44-12-4-7-17-55(44)57)53-33-26-43(27-34-53)49-30-36-58-51(39-49)23-21-45-13-5-8-18-56(45)58/h3-40H,2H2,1H3/b11-3-. The van der Waals surface area contributed by atoms with Gasteiger partial charge in [0, 0.05) is 33.4 Å². The zero-order valence-electron chi connectivity index (χ0n) is 36.0. The van der Waals surface area contributed by atoms with Gasteiger partial charge >= 0.3 is 0 Å². The van der Waals surface area contributed by atoms with Gasteiger partial charge in [-0.2, -0.15) is 0 Å². The van der Waals surface area contributed by atoms with Crippen LogP contribution in [0.3, 0.4) is 0 Å². The Morgan fingerprint density at radius 1 is 0.400 bits per heavy atom. The molecular formula is C63H43NO. The molecule has 0 fully saturated rings. The number of allylic oxidation sites excluding steroid dienone is 1. The van der Waals surface area contributed by atoms with Gasteiger partial charge in [-0.15, -0.1) is 0 Å².